The number of nitrogens with zero attached hydrogens (tertiary/aromatic N) is 2. The second-order valence-electron chi connectivity index (χ2n) is 8.86. The summed E-state index contributed by atoms with van der Waals surface area (Å²) in [4.78, 5) is 26.3. The molecule has 0 aromatic heterocycles. The fourth-order valence-electron chi connectivity index (χ4n) is 5.13. The number of nitro benzene ring substituents is 1. The molecule has 3 aromatic carbocycles. The summed E-state index contributed by atoms with van der Waals surface area (Å²) in [5.41, 5.74) is 4.21. The van der Waals surface area contributed by atoms with E-state index in [1.807, 2.05) is 48.5 Å². The molecule has 0 saturated carbocycles. The van der Waals surface area contributed by atoms with Gasteiger partial charge in [0.25, 0.3) is 11.6 Å². The molecule has 0 saturated heterocycles. The Hall–Kier alpha value is -3.64. The first-order valence-corrected chi connectivity index (χ1v) is 11.6. The summed E-state index contributed by atoms with van der Waals surface area (Å²) in [6, 6.07) is 20.5. The van der Waals surface area contributed by atoms with E-state index >= 15 is 0 Å². The Labute approximate surface area is 203 Å². The van der Waals surface area contributed by atoms with Gasteiger partial charge in [0.1, 0.15) is 5.02 Å². The van der Waals surface area contributed by atoms with E-state index in [2.05, 4.69) is 23.5 Å². The number of nitrogens with one attached hydrogen (secondary N) is 1. The van der Waals surface area contributed by atoms with E-state index in [-0.39, 0.29) is 34.5 Å². The highest BCUT2D eigenvalue weighted by molar-refractivity contribution is 6.32. The van der Waals surface area contributed by atoms with Crippen molar-refractivity contribution >= 4 is 28.9 Å². The maximum absolute atomic E-state index is 13.5. The number of benzene rings is 3. The molecule has 34 heavy (non-hydrogen) atoms. The summed E-state index contributed by atoms with van der Waals surface area (Å²) < 4.78 is 0. The van der Waals surface area contributed by atoms with Crippen molar-refractivity contribution in [1.29, 1.82) is 0 Å². The lowest BCUT2D eigenvalue weighted by molar-refractivity contribution is -0.384. The van der Waals surface area contributed by atoms with Crippen molar-refractivity contribution in [2.75, 3.05) is 12.4 Å². The summed E-state index contributed by atoms with van der Waals surface area (Å²) in [5.74, 6) is 0.248. The third-order valence-electron chi connectivity index (χ3n) is 6.76. The minimum atomic E-state index is -0.458. The Morgan fingerprint density at radius 3 is 2.71 bits per heavy atom. The standard InChI is InChI=1S/C27H24ClN3O3/c1-30(16-17-7-3-2-4-8-17)27(32)22-12-6-11-21-19-9-5-10-20(19)25(29-26(21)22)18-13-14-23(28)24(15-18)31(33)34/h2-9,11-15,19-20,25,29H,10,16H2,1H3. The van der Waals surface area contributed by atoms with Crippen LogP contribution >= 0.6 is 11.6 Å². The van der Waals surface area contributed by atoms with E-state index < -0.39 is 4.92 Å². The van der Waals surface area contributed by atoms with Gasteiger partial charge in [-0.1, -0.05) is 72.3 Å². The fraction of sp³-hybridized carbons (Fsp3) is 0.222. The van der Waals surface area contributed by atoms with Gasteiger partial charge in [-0.3, -0.25) is 14.9 Å². The van der Waals surface area contributed by atoms with Crippen LogP contribution in [0.1, 0.15) is 45.4 Å². The van der Waals surface area contributed by atoms with Crippen molar-refractivity contribution in [3.05, 3.63) is 116 Å². The third-order valence-corrected chi connectivity index (χ3v) is 7.08. The second kappa shape index (κ2) is 8.95. The number of amides is 1. The van der Waals surface area contributed by atoms with Crippen LogP contribution in [0.3, 0.4) is 0 Å². The molecule has 172 valence electrons. The number of para-hydroxylation sites is 1. The van der Waals surface area contributed by atoms with E-state index in [0.717, 1.165) is 28.8 Å². The Balaban J connectivity index is 1.52. The molecular weight excluding hydrogens is 450 g/mol. The number of fused-ring (bicyclic) bond motifs is 3. The van der Waals surface area contributed by atoms with Gasteiger partial charge in [0.2, 0.25) is 0 Å². The van der Waals surface area contributed by atoms with Crippen molar-refractivity contribution in [2.45, 2.75) is 24.9 Å². The van der Waals surface area contributed by atoms with Crippen molar-refractivity contribution in [3.8, 4) is 0 Å². The quantitative estimate of drug-likeness (QED) is 0.266. The van der Waals surface area contributed by atoms with Gasteiger partial charge in [-0.15, -0.1) is 0 Å². The van der Waals surface area contributed by atoms with Crippen LogP contribution in [0.2, 0.25) is 5.02 Å². The number of halogens is 1. The number of carbonyl (C=O) groups is 1. The number of hydrogen-bond acceptors (Lipinski definition) is 4. The molecule has 3 unspecified atom stereocenters. The van der Waals surface area contributed by atoms with Crippen molar-refractivity contribution in [3.63, 3.8) is 0 Å². The number of carbonyl (C=O) groups excluding carboxylic acids is 1. The Morgan fingerprint density at radius 1 is 1.15 bits per heavy atom. The third kappa shape index (κ3) is 3.94. The molecule has 0 radical (unpaired) electrons. The van der Waals surface area contributed by atoms with Gasteiger partial charge in [-0.05, 0) is 41.2 Å². The SMILES string of the molecule is CN(Cc1ccccc1)C(=O)c1cccc2c1NC(c1ccc(Cl)c([N+](=O)[O-])c1)C1CC=CC21. The van der Waals surface area contributed by atoms with E-state index in [1.54, 1.807) is 24.1 Å². The molecule has 5 rings (SSSR count). The fourth-order valence-corrected chi connectivity index (χ4v) is 5.31. The number of anilines is 1. The maximum atomic E-state index is 13.5. The van der Waals surface area contributed by atoms with Crippen LogP contribution < -0.4 is 5.32 Å². The molecule has 0 spiro atoms. The first kappa shape index (κ1) is 22.2. The molecule has 2 aliphatic rings. The molecule has 0 bridgehead atoms. The molecule has 1 amide bonds. The summed E-state index contributed by atoms with van der Waals surface area (Å²) in [7, 11) is 1.80. The summed E-state index contributed by atoms with van der Waals surface area (Å²) in [6.45, 7) is 0.502. The van der Waals surface area contributed by atoms with Crippen LogP contribution in [-0.2, 0) is 6.54 Å². The zero-order chi connectivity index (χ0) is 23.8. The average Bonchev–Trinajstić information content (AvgIpc) is 3.34. The smallest absolute Gasteiger partial charge is 0.288 e. The van der Waals surface area contributed by atoms with Crippen molar-refractivity contribution < 1.29 is 9.72 Å². The van der Waals surface area contributed by atoms with Gasteiger partial charge in [-0.25, -0.2) is 0 Å². The normalized spacial score (nSPS) is 20.2. The summed E-state index contributed by atoms with van der Waals surface area (Å²) in [5, 5.41) is 15.2. The van der Waals surface area contributed by atoms with Gasteiger partial charge in [0, 0.05) is 25.6 Å². The maximum Gasteiger partial charge on any atom is 0.288 e. The molecule has 1 aliphatic heterocycles. The highest BCUT2D eigenvalue weighted by Crippen LogP contribution is 2.51. The largest absolute Gasteiger partial charge is 0.377 e. The Kier molecular flexibility index (Phi) is 5.84. The summed E-state index contributed by atoms with van der Waals surface area (Å²) in [6.07, 6.45) is 5.19. The lowest BCUT2D eigenvalue weighted by Gasteiger charge is -2.38. The predicted molar refractivity (Wildman–Crippen MR) is 133 cm³/mol. The van der Waals surface area contributed by atoms with Gasteiger partial charge in [0.15, 0.2) is 0 Å². The van der Waals surface area contributed by atoms with Crippen LogP contribution in [0.15, 0.2) is 78.9 Å². The van der Waals surface area contributed by atoms with Crippen LogP contribution in [0.25, 0.3) is 0 Å². The number of hydrogen-bond donors (Lipinski definition) is 1. The first-order chi connectivity index (χ1) is 16.4. The first-order valence-electron chi connectivity index (χ1n) is 11.2. The predicted octanol–water partition coefficient (Wildman–Crippen LogP) is 6.35. The molecule has 6 nitrogen and oxygen atoms in total. The van der Waals surface area contributed by atoms with Crippen LogP contribution in [0, 0.1) is 16.0 Å². The Bertz CT molecular complexity index is 1290. The number of rotatable bonds is 5. The number of nitro groups is 1. The monoisotopic (exact) mass is 473 g/mol. The van der Waals surface area contributed by atoms with Gasteiger partial charge < -0.3 is 10.2 Å². The second-order valence-corrected chi connectivity index (χ2v) is 9.27. The summed E-state index contributed by atoms with van der Waals surface area (Å²) >= 11 is 6.07. The molecule has 1 heterocycles. The minimum absolute atomic E-state index is 0.0746. The van der Waals surface area contributed by atoms with E-state index in [1.165, 1.54) is 0 Å². The van der Waals surface area contributed by atoms with Crippen molar-refractivity contribution in [1.82, 2.24) is 4.90 Å². The van der Waals surface area contributed by atoms with Crippen LogP contribution in [0.4, 0.5) is 11.4 Å². The highest BCUT2D eigenvalue weighted by Gasteiger charge is 2.40. The zero-order valence-electron chi connectivity index (χ0n) is 18.6. The lowest BCUT2D eigenvalue weighted by Crippen LogP contribution is -2.32. The van der Waals surface area contributed by atoms with Crippen LogP contribution in [0.5, 0.6) is 0 Å². The molecule has 1 N–H and O–H groups in total. The van der Waals surface area contributed by atoms with Gasteiger partial charge in [0.05, 0.1) is 22.2 Å². The van der Waals surface area contributed by atoms with E-state index in [9.17, 15) is 14.9 Å². The average molecular weight is 474 g/mol. The molecule has 1 aliphatic carbocycles. The van der Waals surface area contributed by atoms with E-state index in [0.29, 0.717) is 12.1 Å². The van der Waals surface area contributed by atoms with Crippen LogP contribution in [-0.4, -0.2) is 22.8 Å². The molecular formula is C27H24ClN3O3. The van der Waals surface area contributed by atoms with Crippen molar-refractivity contribution in [2.24, 2.45) is 5.92 Å². The Morgan fingerprint density at radius 2 is 1.94 bits per heavy atom. The molecule has 3 atom stereocenters. The van der Waals surface area contributed by atoms with Gasteiger partial charge >= 0.3 is 0 Å². The molecule has 0 fully saturated rings. The highest BCUT2D eigenvalue weighted by atomic mass is 35.5. The molecule has 3 aromatic rings. The lowest BCUT2D eigenvalue weighted by atomic mass is 9.76. The molecule has 7 heteroatoms. The van der Waals surface area contributed by atoms with Gasteiger partial charge in [-0.2, -0.15) is 0 Å². The number of allylic oxidation sites excluding steroid dienone is 2. The topological polar surface area (TPSA) is 75.5 Å². The minimum Gasteiger partial charge on any atom is -0.377 e. The zero-order valence-corrected chi connectivity index (χ0v) is 19.4. The van der Waals surface area contributed by atoms with E-state index in [4.69, 9.17) is 11.6 Å².